The molecule has 2 aromatic carbocycles. The van der Waals surface area contributed by atoms with Crippen LogP contribution in [0, 0.1) is 0 Å². The minimum absolute atomic E-state index is 0. The van der Waals surface area contributed by atoms with Gasteiger partial charge < -0.3 is 20.1 Å². The number of benzene rings is 2. The van der Waals surface area contributed by atoms with Crippen LogP contribution < -0.4 is 15.4 Å². The number of methoxy groups -OCH3 is 1. The molecular weight excluding hydrogens is 503 g/mol. The first-order chi connectivity index (χ1) is 14.6. The third-order valence-electron chi connectivity index (χ3n) is 5.20. The third kappa shape index (κ3) is 8.31. The lowest BCUT2D eigenvalue weighted by Crippen LogP contribution is -2.44. The van der Waals surface area contributed by atoms with Gasteiger partial charge in [-0.05, 0) is 42.7 Å². The van der Waals surface area contributed by atoms with Crippen LogP contribution in [0.15, 0.2) is 53.5 Å². The average molecular weight is 538 g/mol. The van der Waals surface area contributed by atoms with Crippen molar-refractivity contribution in [2.75, 3.05) is 27.2 Å². The Morgan fingerprint density at radius 3 is 2.23 bits per heavy atom. The van der Waals surface area contributed by atoms with Crippen molar-refractivity contribution in [1.29, 1.82) is 0 Å². The van der Waals surface area contributed by atoms with Crippen LogP contribution >= 0.6 is 24.0 Å². The van der Waals surface area contributed by atoms with Gasteiger partial charge >= 0.3 is 0 Å². The van der Waals surface area contributed by atoms with E-state index in [2.05, 4.69) is 64.7 Å². The number of nitrogens with zero attached hydrogens (tertiary/aromatic N) is 2. The minimum atomic E-state index is 0. The maximum Gasteiger partial charge on any atom is 0.191 e. The Kier molecular flexibility index (Phi) is 10.6. The van der Waals surface area contributed by atoms with Crippen LogP contribution in [0.4, 0.5) is 0 Å². The van der Waals surface area contributed by atoms with Crippen LogP contribution in [0.3, 0.4) is 0 Å². The fourth-order valence-corrected chi connectivity index (χ4v) is 3.81. The largest absolute Gasteiger partial charge is 0.497 e. The second-order valence-corrected chi connectivity index (χ2v) is 7.90. The monoisotopic (exact) mass is 538 g/mol. The van der Waals surface area contributed by atoms with E-state index in [1.54, 1.807) is 14.2 Å². The number of hydrogen-bond donors (Lipinski definition) is 2. The van der Waals surface area contributed by atoms with Gasteiger partial charge in [-0.3, -0.25) is 9.89 Å². The molecule has 2 unspecified atom stereocenters. The number of aliphatic imine (C=N–C) groups is 1. The summed E-state index contributed by atoms with van der Waals surface area (Å²) >= 11 is 0. The molecule has 0 saturated carbocycles. The van der Waals surface area contributed by atoms with Gasteiger partial charge in [0.05, 0.1) is 19.3 Å². The van der Waals surface area contributed by atoms with Crippen molar-refractivity contribution < 1.29 is 9.47 Å². The Morgan fingerprint density at radius 2 is 1.61 bits per heavy atom. The van der Waals surface area contributed by atoms with Gasteiger partial charge in [0.2, 0.25) is 0 Å². The van der Waals surface area contributed by atoms with Crippen molar-refractivity contribution in [3.8, 4) is 5.75 Å². The van der Waals surface area contributed by atoms with Crippen LogP contribution in [0.1, 0.15) is 30.5 Å². The molecule has 2 aromatic rings. The molecular formula is C24H35IN4O2. The molecule has 1 heterocycles. The van der Waals surface area contributed by atoms with E-state index >= 15 is 0 Å². The number of ether oxygens (including phenoxy) is 2. The summed E-state index contributed by atoms with van der Waals surface area (Å²) in [6.07, 6.45) is 0.599. The van der Waals surface area contributed by atoms with E-state index in [0.717, 1.165) is 43.5 Å². The Bertz CT molecular complexity index is 819. The summed E-state index contributed by atoms with van der Waals surface area (Å²) in [5.74, 6) is 1.64. The maximum absolute atomic E-state index is 5.82. The lowest BCUT2D eigenvalue weighted by atomic mass is 10.1. The zero-order valence-corrected chi connectivity index (χ0v) is 21.3. The molecule has 0 radical (unpaired) electrons. The molecule has 31 heavy (non-hydrogen) atoms. The van der Waals surface area contributed by atoms with Gasteiger partial charge in [-0.15, -0.1) is 24.0 Å². The molecule has 6 nitrogen and oxygen atoms in total. The summed E-state index contributed by atoms with van der Waals surface area (Å²) in [7, 11) is 3.47. The molecule has 1 fully saturated rings. The third-order valence-corrected chi connectivity index (χ3v) is 5.20. The second-order valence-electron chi connectivity index (χ2n) is 7.90. The maximum atomic E-state index is 5.82. The number of hydrogen-bond acceptors (Lipinski definition) is 4. The molecule has 0 spiro atoms. The van der Waals surface area contributed by atoms with E-state index < -0.39 is 0 Å². The summed E-state index contributed by atoms with van der Waals surface area (Å²) in [6.45, 7) is 8.65. The minimum Gasteiger partial charge on any atom is -0.497 e. The van der Waals surface area contributed by atoms with Crippen molar-refractivity contribution in [3.05, 3.63) is 65.2 Å². The van der Waals surface area contributed by atoms with Gasteiger partial charge in [0, 0.05) is 39.8 Å². The van der Waals surface area contributed by atoms with Crippen LogP contribution in [0.5, 0.6) is 5.75 Å². The van der Waals surface area contributed by atoms with Crippen LogP contribution in [-0.4, -0.2) is 50.3 Å². The average Bonchev–Trinajstić information content (AvgIpc) is 2.74. The first-order valence-corrected chi connectivity index (χ1v) is 10.6. The lowest BCUT2D eigenvalue weighted by Gasteiger charge is -2.35. The molecule has 0 amide bonds. The summed E-state index contributed by atoms with van der Waals surface area (Å²) in [4.78, 5) is 6.78. The van der Waals surface area contributed by atoms with E-state index in [-0.39, 0.29) is 24.0 Å². The molecule has 0 bridgehead atoms. The SMILES string of the molecule is CN=C(NCc1ccc(CN2CC(C)OC(C)C2)cc1)NCc1cccc(OC)c1.I. The highest BCUT2D eigenvalue weighted by atomic mass is 127. The molecule has 170 valence electrons. The van der Waals surface area contributed by atoms with Gasteiger partial charge in [-0.25, -0.2) is 0 Å². The molecule has 1 aliphatic rings. The van der Waals surface area contributed by atoms with E-state index in [9.17, 15) is 0 Å². The molecule has 2 N–H and O–H groups in total. The van der Waals surface area contributed by atoms with Crippen molar-refractivity contribution in [2.45, 2.75) is 45.7 Å². The smallest absolute Gasteiger partial charge is 0.191 e. The Labute approximate surface area is 203 Å². The first kappa shape index (κ1) is 25.4. The highest BCUT2D eigenvalue weighted by Gasteiger charge is 2.21. The van der Waals surface area contributed by atoms with Gasteiger partial charge in [0.1, 0.15) is 5.75 Å². The standard InChI is InChI=1S/C24H34N4O2.HI/c1-18-15-28(16-19(2)30-18)17-21-10-8-20(9-11-21)13-26-24(25-3)27-14-22-6-5-7-23(12-22)29-4;/h5-12,18-19H,13-17H2,1-4H3,(H2,25,26,27);1H. The van der Waals surface area contributed by atoms with Gasteiger partial charge in [-0.2, -0.15) is 0 Å². The van der Waals surface area contributed by atoms with Crippen molar-refractivity contribution in [2.24, 2.45) is 4.99 Å². The predicted molar refractivity (Wildman–Crippen MR) is 137 cm³/mol. The highest BCUT2D eigenvalue weighted by molar-refractivity contribution is 14.0. The topological polar surface area (TPSA) is 58.1 Å². The fraction of sp³-hybridized carbons (Fsp3) is 0.458. The Balaban J connectivity index is 0.00000341. The fourth-order valence-electron chi connectivity index (χ4n) is 3.81. The normalized spacial score (nSPS) is 19.4. The van der Waals surface area contributed by atoms with Gasteiger partial charge in [0.25, 0.3) is 0 Å². The van der Waals surface area contributed by atoms with Crippen molar-refractivity contribution in [1.82, 2.24) is 15.5 Å². The van der Waals surface area contributed by atoms with Crippen LogP contribution in [0.2, 0.25) is 0 Å². The summed E-state index contributed by atoms with van der Waals surface area (Å²) in [5, 5.41) is 6.72. The van der Waals surface area contributed by atoms with Crippen LogP contribution in [-0.2, 0) is 24.4 Å². The van der Waals surface area contributed by atoms with Crippen molar-refractivity contribution in [3.63, 3.8) is 0 Å². The molecule has 7 heteroatoms. The first-order valence-electron chi connectivity index (χ1n) is 10.6. The Hall–Kier alpha value is -1.84. The molecule has 2 atom stereocenters. The zero-order valence-electron chi connectivity index (χ0n) is 18.9. The number of nitrogens with one attached hydrogen (secondary N) is 2. The molecule has 1 aliphatic heterocycles. The van der Waals surface area contributed by atoms with E-state index in [4.69, 9.17) is 9.47 Å². The summed E-state index contributed by atoms with van der Waals surface area (Å²) < 4.78 is 11.1. The molecule has 1 saturated heterocycles. The van der Waals surface area contributed by atoms with E-state index in [1.807, 2.05) is 18.2 Å². The number of halogens is 1. The second kappa shape index (κ2) is 12.9. The quantitative estimate of drug-likeness (QED) is 0.319. The van der Waals surface area contributed by atoms with E-state index in [1.165, 1.54) is 11.1 Å². The molecule has 3 rings (SSSR count). The van der Waals surface area contributed by atoms with Gasteiger partial charge in [-0.1, -0.05) is 36.4 Å². The number of guanidine groups is 1. The number of morpholine rings is 1. The predicted octanol–water partition coefficient (Wildman–Crippen LogP) is 3.79. The summed E-state index contributed by atoms with van der Waals surface area (Å²) in [5.41, 5.74) is 3.71. The highest BCUT2D eigenvalue weighted by Crippen LogP contribution is 2.15. The molecule has 0 aromatic heterocycles. The lowest BCUT2D eigenvalue weighted by molar-refractivity contribution is -0.0704. The van der Waals surface area contributed by atoms with E-state index in [0.29, 0.717) is 18.8 Å². The summed E-state index contributed by atoms with van der Waals surface area (Å²) in [6, 6.07) is 16.8. The van der Waals surface area contributed by atoms with Crippen molar-refractivity contribution >= 4 is 29.9 Å². The zero-order chi connectivity index (χ0) is 21.3. The molecule has 0 aliphatic carbocycles. The number of rotatable bonds is 7. The van der Waals surface area contributed by atoms with Crippen LogP contribution in [0.25, 0.3) is 0 Å². The Morgan fingerprint density at radius 1 is 1.00 bits per heavy atom. The van der Waals surface area contributed by atoms with Gasteiger partial charge in [0.15, 0.2) is 5.96 Å².